The van der Waals surface area contributed by atoms with Gasteiger partial charge in [0, 0.05) is 12.6 Å². The molecule has 2 heterocycles. The van der Waals surface area contributed by atoms with Gasteiger partial charge in [0.1, 0.15) is 0 Å². The van der Waals surface area contributed by atoms with Crippen molar-refractivity contribution in [3.63, 3.8) is 0 Å². The first-order valence-electron chi connectivity index (χ1n) is 5.13. The van der Waals surface area contributed by atoms with Crippen molar-refractivity contribution in [2.75, 3.05) is 25.4 Å². The summed E-state index contributed by atoms with van der Waals surface area (Å²) in [5, 5.41) is 11.8. The molecule has 5 nitrogen and oxygen atoms in total. The zero-order valence-corrected chi connectivity index (χ0v) is 9.50. The Morgan fingerprint density at radius 2 is 2.27 bits per heavy atom. The molecule has 84 valence electrons. The molecule has 0 aromatic rings. The largest absolute Gasteiger partial charge is 0.316 e. The van der Waals surface area contributed by atoms with Gasteiger partial charge in [-0.15, -0.1) is 0 Å². The molecule has 0 amide bonds. The van der Waals surface area contributed by atoms with Crippen molar-refractivity contribution in [3.8, 4) is 6.07 Å². The number of fused-ring (bicyclic) bond motifs is 1. The third-order valence-corrected chi connectivity index (χ3v) is 5.17. The normalized spacial score (nSPS) is 36.4. The molecule has 2 fully saturated rings. The summed E-state index contributed by atoms with van der Waals surface area (Å²) in [6.07, 6.45) is 0. The van der Waals surface area contributed by atoms with Gasteiger partial charge in [0.25, 0.3) is 0 Å². The Balaban J connectivity index is 2.17. The number of nitrogens with one attached hydrogen (secondary N) is 1. The lowest BCUT2D eigenvalue weighted by Crippen LogP contribution is -2.39. The molecular formula is C9H15N3O2S. The quantitative estimate of drug-likeness (QED) is 0.685. The highest BCUT2D eigenvalue weighted by Gasteiger charge is 2.46. The number of hydrogen-bond acceptors (Lipinski definition) is 4. The van der Waals surface area contributed by atoms with E-state index in [0.717, 1.165) is 13.1 Å². The predicted octanol–water partition coefficient (Wildman–Crippen LogP) is -0.621. The second-order valence-corrected chi connectivity index (χ2v) is 6.23. The maximum absolute atomic E-state index is 11.8. The SMILES string of the molecule is CC1C2CNCC2CN1S(=O)(=O)CC#N. The van der Waals surface area contributed by atoms with Crippen LogP contribution in [0, 0.1) is 23.2 Å². The Morgan fingerprint density at radius 3 is 2.87 bits per heavy atom. The fourth-order valence-electron chi connectivity index (χ4n) is 2.66. The molecule has 0 aromatic heterocycles. The molecule has 2 aliphatic heterocycles. The summed E-state index contributed by atoms with van der Waals surface area (Å²) in [4.78, 5) is 0. The molecule has 1 N–H and O–H groups in total. The first kappa shape index (κ1) is 10.9. The van der Waals surface area contributed by atoms with Crippen LogP contribution in [0.2, 0.25) is 0 Å². The van der Waals surface area contributed by atoms with Gasteiger partial charge < -0.3 is 5.32 Å². The highest BCUT2D eigenvalue weighted by atomic mass is 32.2. The number of sulfonamides is 1. The summed E-state index contributed by atoms with van der Waals surface area (Å²) in [7, 11) is -3.36. The van der Waals surface area contributed by atoms with E-state index in [4.69, 9.17) is 5.26 Å². The van der Waals surface area contributed by atoms with Crippen LogP contribution in [-0.4, -0.2) is 44.2 Å². The highest BCUT2D eigenvalue weighted by Crippen LogP contribution is 2.34. The van der Waals surface area contributed by atoms with Gasteiger partial charge in [-0.25, -0.2) is 8.42 Å². The average Bonchev–Trinajstić information content (AvgIpc) is 2.69. The van der Waals surface area contributed by atoms with E-state index in [1.54, 1.807) is 6.07 Å². The molecule has 0 bridgehead atoms. The second-order valence-electron chi connectivity index (χ2n) is 4.31. The molecule has 2 aliphatic rings. The Bertz CT molecular complexity index is 387. The van der Waals surface area contributed by atoms with Crippen LogP contribution in [0.25, 0.3) is 0 Å². The minimum absolute atomic E-state index is 0.0309. The van der Waals surface area contributed by atoms with E-state index in [1.165, 1.54) is 4.31 Å². The Hall–Kier alpha value is -0.640. The van der Waals surface area contributed by atoms with Crippen molar-refractivity contribution in [1.29, 1.82) is 5.26 Å². The fraction of sp³-hybridized carbons (Fsp3) is 0.889. The van der Waals surface area contributed by atoms with E-state index in [1.807, 2.05) is 6.92 Å². The van der Waals surface area contributed by atoms with Crippen LogP contribution < -0.4 is 5.32 Å². The molecular weight excluding hydrogens is 214 g/mol. The van der Waals surface area contributed by atoms with Gasteiger partial charge in [0.15, 0.2) is 5.75 Å². The summed E-state index contributed by atoms with van der Waals surface area (Å²) in [6, 6.07) is 1.76. The first-order chi connectivity index (χ1) is 7.06. The maximum atomic E-state index is 11.8. The summed E-state index contributed by atoms with van der Waals surface area (Å²) >= 11 is 0. The number of rotatable bonds is 2. The first-order valence-corrected chi connectivity index (χ1v) is 6.74. The van der Waals surface area contributed by atoms with Crippen LogP contribution in [0.4, 0.5) is 0 Å². The smallest absolute Gasteiger partial charge is 0.227 e. The molecule has 0 aliphatic carbocycles. The molecule has 0 spiro atoms. The van der Waals surface area contributed by atoms with E-state index in [0.29, 0.717) is 18.4 Å². The summed E-state index contributed by atoms with van der Waals surface area (Å²) < 4.78 is 25.0. The van der Waals surface area contributed by atoms with Crippen LogP contribution in [0.15, 0.2) is 0 Å². The van der Waals surface area contributed by atoms with Crippen molar-refractivity contribution in [1.82, 2.24) is 9.62 Å². The molecule has 15 heavy (non-hydrogen) atoms. The Labute approximate surface area is 90.1 Å². The van der Waals surface area contributed by atoms with Crippen LogP contribution in [0.1, 0.15) is 6.92 Å². The van der Waals surface area contributed by atoms with Gasteiger partial charge in [-0.2, -0.15) is 9.57 Å². The zero-order chi connectivity index (χ0) is 11.1. The molecule has 6 heteroatoms. The van der Waals surface area contributed by atoms with E-state index >= 15 is 0 Å². The third kappa shape index (κ3) is 1.75. The van der Waals surface area contributed by atoms with Gasteiger partial charge in [-0.1, -0.05) is 0 Å². The van der Waals surface area contributed by atoms with E-state index < -0.39 is 15.8 Å². The van der Waals surface area contributed by atoms with Gasteiger partial charge in [0.05, 0.1) is 6.07 Å². The van der Waals surface area contributed by atoms with Gasteiger partial charge in [-0.3, -0.25) is 0 Å². The zero-order valence-electron chi connectivity index (χ0n) is 8.68. The summed E-state index contributed by atoms with van der Waals surface area (Å²) in [5.41, 5.74) is 0. The second kappa shape index (κ2) is 3.74. The molecule has 2 rings (SSSR count). The highest BCUT2D eigenvalue weighted by molar-refractivity contribution is 7.89. The van der Waals surface area contributed by atoms with Crippen molar-refractivity contribution < 1.29 is 8.42 Å². The lowest BCUT2D eigenvalue weighted by molar-refractivity contribution is 0.362. The Kier molecular flexibility index (Phi) is 2.71. The van der Waals surface area contributed by atoms with Crippen molar-refractivity contribution in [2.45, 2.75) is 13.0 Å². The molecule has 0 saturated carbocycles. The minimum Gasteiger partial charge on any atom is -0.316 e. The van der Waals surface area contributed by atoms with E-state index in [9.17, 15) is 8.42 Å². The Morgan fingerprint density at radius 1 is 1.53 bits per heavy atom. The van der Waals surface area contributed by atoms with E-state index in [-0.39, 0.29) is 6.04 Å². The van der Waals surface area contributed by atoms with Crippen molar-refractivity contribution in [3.05, 3.63) is 0 Å². The summed E-state index contributed by atoms with van der Waals surface area (Å²) in [6.45, 7) is 4.30. The lowest BCUT2D eigenvalue weighted by Gasteiger charge is -2.22. The van der Waals surface area contributed by atoms with Crippen LogP contribution >= 0.6 is 0 Å². The van der Waals surface area contributed by atoms with E-state index in [2.05, 4.69) is 5.32 Å². The third-order valence-electron chi connectivity index (χ3n) is 3.48. The predicted molar refractivity (Wildman–Crippen MR) is 55.4 cm³/mol. The van der Waals surface area contributed by atoms with Crippen molar-refractivity contribution in [2.24, 2.45) is 11.8 Å². The topological polar surface area (TPSA) is 73.2 Å². The van der Waals surface area contributed by atoms with Gasteiger partial charge >= 0.3 is 0 Å². The van der Waals surface area contributed by atoms with Crippen LogP contribution in [-0.2, 0) is 10.0 Å². The molecule has 3 unspecified atom stereocenters. The van der Waals surface area contributed by atoms with Crippen LogP contribution in [0.5, 0.6) is 0 Å². The summed E-state index contributed by atoms with van der Waals surface area (Å²) in [5.74, 6) is 0.441. The number of nitrogens with zero attached hydrogens (tertiary/aromatic N) is 2. The molecule has 0 radical (unpaired) electrons. The van der Waals surface area contributed by atoms with Gasteiger partial charge in [-0.05, 0) is 31.8 Å². The maximum Gasteiger partial charge on any atom is 0.227 e. The molecule has 0 aromatic carbocycles. The standard InChI is InChI=1S/C9H15N3O2S/c1-7-9-5-11-4-8(9)6-12(7)15(13,14)3-2-10/h7-9,11H,3-6H2,1H3. The average molecular weight is 229 g/mol. The van der Waals surface area contributed by atoms with Crippen molar-refractivity contribution >= 4 is 10.0 Å². The van der Waals surface area contributed by atoms with Gasteiger partial charge in [0.2, 0.25) is 10.0 Å². The molecule has 3 atom stereocenters. The monoisotopic (exact) mass is 229 g/mol. The number of hydrogen-bond donors (Lipinski definition) is 1. The van der Waals surface area contributed by atoms with Crippen LogP contribution in [0.3, 0.4) is 0 Å². The minimum atomic E-state index is -3.36. The molecule has 2 saturated heterocycles. The fourth-order valence-corrected chi connectivity index (χ4v) is 4.07. The lowest BCUT2D eigenvalue weighted by atomic mass is 9.95. The number of nitriles is 1.